The number of hydrogen-bond donors (Lipinski definition) is 2. The van der Waals surface area contributed by atoms with Crippen molar-refractivity contribution >= 4 is 23.5 Å². The minimum absolute atomic E-state index is 0.0706. The Balaban J connectivity index is 1.66. The van der Waals surface area contributed by atoms with Crippen LogP contribution in [0.3, 0.4) is 0 Å². The Morgan fingerprint density at radius 2 is 1.55 bits per heavy atom. The quantitative estimate of drug-likeness (QED) is 0.418. The van der Waals surface area contributed by atoms with Crippen molar-refractivity contribution in [1.29, 1.82) is 0 Å². The molecule has 206 valence electrons. The monoisotopic (exact) mass is 523 g/mol. The molecule has 0 saturated heterocycles. The van der Waals surface area contributed by atoms with E-state index in [0.717, 1.165) is 23.4 Å². The molecule has 0 aliphatic carbocycles. The summed E-state index contributed by atoms with van der Waals surface area (Å²) in [5.41, 5.74) is 1.74. The van der Waals surface area contributed by atoms with Crippen molar-refractivity contribution in [2.75, 3.05) is 24.6 Å². The Hall–Kier alpha value is -3.55. The van der Waals surface area contributed by atoms with Crippen LogP contribution >= 0.6 is 0 Å². The molecular weight excluding hydrogens is 482 g/mol. The molecule has 0 radical (unpaired) electrons. The summed E-state index contributed by atoms with van der Waals surface area (Å²) in [6.07, 6.45) is 1.06. The number of benzene rings is 2. The fourth-order valence-corrected chi connectivity index (χ4v) is 4.49. The van der Waals surface area contributed by atoms with Gasteiger partial charge >= 0.3 is 6.09 Å². The first-order valence-corrected chi connectivity index (χ1v) is 13.5. The number of carbonyl (C=O) groups excluding carboxylic acids is 3. The summed E-state index contributed by atoms with van der Waals surface area (Å²) in [5, 5.41) is 5.65. The number of amides is 2. The molecule has 2 aromatic carbocycles. The van der Waals surface area contributed by atoms with Crippen molar-refractivity contribution in [1.82, 2.24) is 10.6 Å². The Labute approximate surface area is 226 Å². The average molecular weight is 524 g/mol. The fourth-order valence-electron chi connectivity index (χ4n) is 4.49. The van der Waals surface area contributed by atoms with Gasteiger partial charge in [0, 0.05) is 6.54 Å². The van der Waals surface area contributed by atoms with Gasteiger partial charge in [-0.05, 0) is 48.8 Å². The van der Waals surface area contributed by atoms with E-state index in [-0.39, 0.29) is 36.7 Å². The van der Waals surface area contributed by atoms with Crippen LogP contribution in [0.1, 0.15) is 52.5 Å². The molecule has 2 amide bonds. The fraction of sp³-hybridized carbons (Fsp3) is 0.500. The molecule has 8 heteroatoms. The minimum atomic E-state index is -0.812. The molecule has 3 rings (SSSR count). The SMILES string of the molecule is CC(C)CC(NC(=O)[C@H](CC(C)C)NC(=O)OCc1ccccc1)C(=O)CN1CCCOc2ccccc21. The number of nitrogens with zero attached hydrogens (tertiary/aromatic N) is 1. The zero-order chi connectivity index (χ0) is 27.5. The Bertz CT molecular complexity index is 1060. The third-order valence-corrected chi connectivity index (χ3v) is 6.32. The molecule has 0 spiro atoms. The average Bonchev–Trinajstić information content (AvgIpc) is 3.09. The van der Waals surface area contributed by atoms with Crippen LogP contribution in [0.25, 0.3) is 0 Å². The lowest BCUT2D eigenvalue weighted by Gasteiger charge is -2.28. The zero-order valence-electron chi connectivity index (χ0n) is 22.9. The van der Waals surface area contributed by atoms with Gasteiger partial charge in [0.25, 0.3) is 0 Å². The summed E-state index contributed by atoms with van der Waals surface area (Å²) >= 11 is 0. The standard InChI is InChI=1S/C30H41N3O5/c1-21(2)17-24(27(34)19-33-15-10-16-37-28-14-9-8-13-26(28)33)31-29(35)25(18-22(3)4)32-30(36)38-20-23-11-6-5-7-12-23/h5-9,11-14,21-22,24-25H,10,15-20H2,1-4H3,(H,31,35)(H,32,36)/t24?,25-/m0/s1. The summed E-state index contributed by atoms with van der Waals surface area (Å²) < 4.78 is 11.2. The number of nitrogens with one attached hydrogen (secondary N) is 2. The van der Waals surface area contributed by atoms with Gasteiger partial charge in [-0.1, -0.05) is 70.2 Å². The Kier molecular flexibility index (Phi) is 11.0. The van der Waals surface area contributed by atoms with E-state index in [0.29, 0.717) is 26.0 Å². The zero-order valence-corrected chi connectivity index (χ0v) is 22.9. The maximum atomic E-state index is 13.5. The van der Waals surface area contributed by atoms with Gasteiger partial charge in [0.15, 0.2) is 5.78 Å². The van der Waals surface area contributed by atoms with Crippen LogP contribution in [0, 0.1) is 11.8 Å². The van der Waals surface area contributed by atoms with Crippen LogP contribution in [0.4, 0.5) is 10.5 Å². The second kappa shape index (κ2) is 14.4. The highest BCUT2D eigenvalue weighted by molar-refractivity contribution is 5.94. The van der Waals surface area contributed by atoms with Gasteiger partial charge in [0.2, 0.25) is 5.91 Å². The molecule has 0 bridgehead atoms. The van der Waals surface area contributed by atoms with E-state index in [9.17, 15) is 14.4 Å². The topological polar surface area (TPSA) is 97.0 Å². The molecule has 0 fully saturated rings. The first kappa shape index (κ1) is 29.0. The van der Waals surface area contributed by atoms with Gasteiger partial charge in [0.05, 0.1) is 24.9 Å². The lowest BCUT2D eigenvalue weighted by molar-refractivity contribution is -0.129. The van der Waals surface area contributed by atoms with Gasteiger partial charge in [-0.3, -0.25) is 9.59 Å². The van der Waals surface area contributed by atoms with E-state index in [4.69, 9.17) is 9.47 Å². The number of para-hydroxylation sites is 2. The van der Waals surface area contributed by atoms with Crippen molar-refractivity contribution < 1.29 is 23.9 Å². The predicted molar refractivity (Wildman–Crippen MR) is 148 cm³/mol. The molecule has 1 aliphatic heterocycles. The maximum absolute atomic E-state index is 13.5. The maximum Gasteiger partial charge on any atom is 0.408 e. The predicted octanol–water partition coefficient (Wildman–Crippen LogP) is 4.72. The molecule has 8 nitrogen and oxygen atoms in total. The van der Waals surface area contributed by atoms with Crippen molar-refractivity contribution in [3.05, 3.63) is 60.2 Å². The largest absolute Gasteiger partial charge is 0.491 e. The molecule has 1 aliphatic rings. The number of rotatable bonds is 12. The van der Waals surface area contributed by atoms with E-state index >= 15 is 0 Å². The van der Waals surface area contributed by atoms with Crippen molar-refractivity contribution in [3.8, 4) is 5.75 Å². The third-order valence-electron chi connectivity index (χ3n) is 6.32. The summed E-state index contributed by atoms with van der Waals surface area (Å²) in [6.45, 7) is 9.56. The molecule has 2 aromatic rings. The highest BCUT2D eigenvalue weighted by Crippen LogP contribution is 2.30. The van der Waals surface area contributed by atoms with Gasteiger partial charge < -0.3 is 25.0 Å². The van der Waals surface area contributed by atoms with Crippen LogP contribution < -0.4 is 20.3 Å². The first-order chi connectivity index (χ1) is 18.2. The van der Waals surface area contributed by atoms with Gasteiger partial charge in [-0.25, -0.2) is 4.79 Å². The number of Topliss-reactive ketones (excluding diaryl/α,β-unsaturated/α-hetero) is 1. The second-order valence-electron chi connectivity index (χ2n) is 10.6. The van der Waals surface area contributed by atoms with Crippen molar-refractivity contribution in [2.45, 2.75) is 65.6 Å². The van der Waals surface area contributed by atoms with E-state index < -0.39 is 18.2 Å². The molecule has 2 atom stereocenters. The third kappa shape index (κ3) is 9.08. The molecule has 1 heterocycles. The van der Waals surface area contributed by atoms with Gasteiger partial charge in [-0.15, -0.1) is 0 Å². The van der Waals surface area contributed by atoms with E-state index in [1.54, 1.807) is 0 Å². The number of ether oxygens (including phenoxy) is 2. The highest BCUT2D eigenvalue weighted by atomic mass is 16.5. The summed E-state index contributed by atoms with van der Waals surface area (Å²) in [5.74, 6) is 0.648. The first-order valence-electron chi connectivity index (χ1n) is 13.5. The Morgan fingerprint density at radius 3 is 2.26 bits per heavy atom. The normalized spacial score (nSPS) is 14.6. The molecule has 0 aromatic heterocycles. The van der Waals surface area contributed by atoms with Crippen LogP contribution in [-0.2, 0) is 20.9 Å². The van der Waals surface area contributed by atoms with Crippen LogP contribution in [0.5, 0.6) is 5.75 Å². The molecule has 0 saturated carbocycles. The molecular formula is C30H41N3O5. The van der Waals surface area contributed by atoms with Crippen molar-refractivity contribution in [3.63, 3.8) is 0 Å². The van der Waals surface area contributed by atoms with E-state index in [1.807, 2.05) is 87.2 Å². The van der Waals surface area contributed by atoms with E-state index in [1.165, 1.54) is 0 Å². The molecule has 38 heavy (non-hydrogen) atoms. The molecule has 2 N–H and O–H groups in total. The van der Waals surface area contributed by atoms with Crippen molar-refractivity contribution in [2.24, 2.45) is 11.8 Å². The highest BCUT2D eigenvalue weighted by Gasteiger charge is 2.30. The smallest absolute Gasteiger partial charge is 0.408 e. The summed E-state index contributed by atoms with van der Waals surface area (Å²) in [7, 11) is 0. The number of fused-ring (bicyclic) bond motifs is 1. The lowest BCUT2D eigenvalue weighted by atomic mass is 9.98. The van der Waals surface area contributed by atoms with Gasteiger partial charge in [-0.2, -0.15) is 0 Å². The Morgan fingerprint density at radius 1 is 0.895 bits per heavy atom. The summed E-state index contributed by atoms with van der Waals surface area (Å²) in [4.78, 5) is 41.4. The number of hydrogen-bond acceptors (Lipinski definition) is 6. The van der Waals surface area contributed by atoms with Gasteiger partial charge in [0.1, 0.15) is 18.4 Å². The number of ketones is 1. The lowest BCUT2D eigenvalue weighted by Crippen LogP contribution is -2.53. The molecule has 1 unspecified atom stereocenters. The van der Waals surface area contributed by atoms with Crippen LogP contribution in [0.2, 0.25) is 0 Å². The summed E-state index contributed by atoms with van der Waals surface area (Å²) in [6, 6.07) is 15.6. The van der Waals surface area contributed by atoms with Crippen LogP contribution in [0.15, 0.2) is 54.6 Å². The number of alkyl carbamates (subject to hydrolysis) is 1. The second-order valence-corrected chi connectivity index (χ2v) is 10.6. The minimum Gasteiger partial charge on any atom is -0.491 e. The van der Waals surface area contributed by atoms with Crippen LogP contribution in [-0.4, -0.2) is 49.6 Å². The number of carbonyl (C=O) groups is 3. The number of anilines is 1. The van der Waals surface area contributed by atoms with E-state index in [2.05, 4.69) is 10.6 Å².